The highest BCUT2D eigenvalue weighted by Gasteiger charge is 2.31. The summed E-state index contributed by atoms with van der Waals surface area (Å²) in [4.78, 5) is 28.6. The van der Waals surface area contributed by atoms with Crippen molar-refractivity contribution in [3.05, 3.63) is 99.0 Å². The van der Waals surface area contributed by atoms with Gasteiger partial charge in [-0.2, -0.15) is 0 Å². The minimum atomic E-state index is -0.729. The second-order valence-electron chi connectivity index (χ2n) is 9.24. The van der Waals surface area contributed by atoms with Crippen LogP contribution in [0.1, 0.15) is 49.8 Å². The van der Waals surface area contributed by atoms with Gasteiger partial charge in [-0.1, -0.05) is 87.0 Å². The van der Waals surface area contributed by atoms with Crippen LogP contribution in [-0.2, 0) is 22.6 Å². The molecule has 0 aromatic heterocycles. The van der Waals surface area contributed by atoms with Crippen LogP contribution in [0.4, 0.5) is 0 Å². The van der Waals surface area contributed by atoms with E-state index in [1.54, 1.807) is 11.0 Å². The number of amides is 2. The second-order valence-corrected chi connectivity index (χ2v) is 10.5. The number of halogens is 2. The SMILES string of the molecule is CCCNC(=O)[C@@H](Cc1ccccc1)N(Cc1ccccc1Cl)C(=O)COc1ccc(C(C)C)cc1Br. The van der Waals surface area contributed by atoms with Crippen LogP contribution < -0.4 is 10.1 Å². The molecule has 3 aromatic carbocycles. The molecule has 0 unspecified atom stereocenters. The van der Waals surface area contributed by atoms with Crippen LogP contribution in [-0.4, -0.2) is 35.9 Å². The van der Waals surface area contributed by atoms with Gasteiger partial charge in [0.1, 0.15) is 11.8 Å². The summed E-state index contributed by atoms with van der Waals surface area (Å²) >= 11 is 10.0. The van der Waals surface area contributed by atoms with Crippen LogP contribution in [0.5, 0.6) is 5.75 Å². The molecule has 3 aromatic rings. The summed E-state index contributed by atoms with van der Waals surface area (Å²) < 4.78 is 6.72. The average molecular weight is 586 g/mol. The first-order chi connectivity index (χ1) is 17.8. The van der Waals surface area contributed by atoms with Crippen molar-refractivity contribution in [2.75, 3.05) is 13.2 Å². The van der Waals surface area contributed by atoms with Crippen LogP contribution in [0.25, 0.3) is 0 Å². The van der Waals surface area contributed by atoms with Gasteiger partial charge in [-0.15, -0.1) is 0 Å². The van der Waals surface area contributed by atoms with Gasteiger partial charge in [0.25, 0.3) is 5.91 Å². The highest BCUT2D eigenvalue weighted by Crippen LogP contribution is 2.29. The van der Waals surface area contributed by atoms with E-state index in [2.05, 4.69) is 35.1 Å². The van der Waals surface area contributed by atoms with Gasteiger partial charge in [-0.3, -0.25) is 9.59 Å². The number of ether oxygens (including phenoxy) is 1. The average Bonchev–Trinajstić information content (AvgIpc) is 2.89. The largest absolute Gasteiger partial charge is 0.483 e. The fraction of sp³-hybridized carbons (Fsp3) is 0.333. The molecule has 0 spiro atoms. The lowest BCUT2D eigenvalue weighted by atomic mass is 10.0. The molecule has 1 atom stereocenters. The van der Waals surface area contributed by atoms with Crippen LogP contribution in [0.2, 0.25) is 5.02 Å². The van der Waals surface area contributed by atoms with E-state index in [1.165, 1.54) is 5.56 Å². The summed E-state index contributed by atoms with van der Waals surface area (Å²) in [7, 11) is 0. The zero-order valence-corrected chi connectivity index (χ0v) is 23.9. The Morgan fingerprint density at radius 3 is 2.38 bits per heavy atom. The minimum absolute atomic E-state index is 0.187. The third kappa shape index (κ3) is 8.34. The second kappa shape index (κ2) is 14.2. The van der Waals surface area contributed by atoms with E-state index >= 15 is 0 Å². The maximum absolute atomic E-state index is 13.7. The first-order valence-electron chi connectivity index (χ1n) is 12.6. The number of hydrogen-bond donors (Lipinski definition) is 1. The van der Waals surface area contributed by atoms with E-state index in [9.17, 15) is 9.59 Å². The number of benzene rings is 3. The van der Waals surface area contributed by atoms with Crippen molar-refractivity contribution in [2.45, 2.75) is 52.1 Å². The molecule has 0 fully saturated rings. The number of nitrogens with zero attached hydrogens (tertiary/aromatic N) is 1. The van der Waals surface area contributed by atoms with Gasteiger partial charge in [0.05, 0.1) is 4.47 Å². The molecule has 0 aliphatic rings. The van der Waals surface area contributed by atoms with Crippen molar-refractivity contribution < 1.29 is 14.3 Å². The number of carbonyl (C=O) groups excluding carboxylic acids is 2. The standard InChI is InChI=1S/C30H34BrClN2O3/c1-4-16-33-30(36)27(17-22-10-6-5-7-11-22)34(19-24-12-8-9-13-26(24)32)29(35)20-37-28-15-14-23(21(2)3)18-25(28)31/h5-15,18,21,27H,4,16-17,19-20H2,1-3H3,(H,33,36)/t27-/m1/s1. The minimum Gasteiger partial charge on any atom is -0.483 e. The maximum atomic E-state index is 13.7. The summed E-state index contributed by atoms with van der Waals surface area (Å²) in [5.74, 6) is 0.449. The summed E-state index contributed by atoms with van der Waals surface area (Å²) in [5, 5.41) is 3.52. The van der Waals surface area contributed by atoms with E-state index in [0.717, 1.165) is 22.0 Å². The van der Waals surface area contributed by atoms with Gasteiger partial charge in [0.15, 0.2) is 6.61 Å². The Balaban J connectivity index is 1.90. The lowest BCUT2D eigenvalue weighted by Crippen LogP contribution is -2.51. The summed E-state index contributed by atoms with van der Waals surface area (Å²) in [5.41, 5.74) is 2.90. The van der Waals surface area contributed by atoms with Gasteiger partial charge in [-0.05, 0) is 63.2 Å². The molecule has 0 bridgehead atoms. The van der Waals surface area contributed by atoms with Crippen molar-refractivity contribution in [2.24, 2.45) is 0 Å². The van der Waals surface area contributed by atoms with Gasteiger partial charge in [0.2, 0.25) is 5.91 Å². The molecule has 0 saturated carbocycles. The third-order valence-corrected chi connectivity index (χ3v) is 7.08. The van der Waals surface area contributed by atoms with Gasteiger partial charge in [-0.25, -0.2) is 0 Å². The first kappa shape index (κ1) is 28.7. The Labute approximate surface area is 233 Å². The molecular weight excluding hydrogens is 552 g/mol. The smallest absolute Gasteiger partial charge is 0.261 e. The topological polar surface area (TPSA) is 58.6 Å². The van der Waals surface area contributed by atoms with Crippen molar-refractivity contribution in [3.63, 3.8) is 0 Å². The molecule has 37 heavy (non-hydrogen) atoms. The van der Waals surface area contributed by atoms with Gasteiger partial charge in [0, 0.05) is 24.5 Å². The molecule has 0 saturated heterocycles. The lowest BCUT2D eigenvalue weighted by Gasteiger charge is -2.31. The van der Waals surface area contributed by atoms with E-state index in [0.29, 0.717) is 29.7 Å². The summed E-state index contributed by atoms with van der Waals surface area (Å²) in [6.45, 7) is 6.74. The Hall–Kier alpha value is -2.83. The van der Waals surface area contributed by atoms with E-state index in [4.69, 9.17) is 16.3 Å². The van der Waals surface area contributed by atoms with Crippen LogP contribution >= 0.6 is 27.5 Å². The van der Waals surface area contributed by atoms with Crippen LogP contribution in [0.3, 0.4) is 0 Å². The Bertz CT molecular complexity index is 1190. The number of hydrogen-bond acceptors (Lipinski definition) is 3. The van der Waals surface area contributed by atoms with Gasteiger partial charge < -0.3 is 15.0 Å². The van der Waals surface area contributed by atoms with E-state index < -0.39 is 6.04 Å². The predicted molar refractivity (Wildman–Crippen MR) is 153 cm³/mol. The summed E-state index contributed by atoms with van der Waals surface area (Å²) in [6, 6.07) is 22.2. The lowest BCUT2D eigenvalue weighted by molar-refractivity contribution is -0.142. The molecule has 5 nitrogen and oxygen atoms in total. The number of rotatable bonds is 12. The molecule has 196 valence electrons. The molecule has 0 aliphatic heterocycles. The highest BCUT2D eigenvalue weighted by molar-refractivity contribution is 9.10. The molecule has 0 radical (unpaired) electrons. The Morgan fingerprint density at radius 1 is 1.03 bits per heavy atom. The van der Waals surface area contributed by atoms with Crippen molar-refractivity contribution in [3.8, 4) is 5.75 Å². The monoisotopic (exact) mass is 584 g/mol. The first-order valence-corrected chi connectivity index (χ1v) is 13.7. The third-order valence-electron chi connectivity index (χ3n) is 6.09. The molecule has 1 N–H and O–H groups in total. The zero-order valence-electron chi connectivity index (χ0n) is 21.5. The van der Waals surface area contributed by atoms with Crippen LogP contribution in [0, 0.1) is 0 Å². The number of carbonyl (C=O) groups is 2. The Kier molecular flexibility index (Phi) is 11.0. The predicted octanol–water partition coefficient (Wildman–Crippen LogP) is 6.77. The normalized spacial score (nSPS) is 11.7. The van der Waals surface area contributed by atoms with Crippen molar-refractivity contribution in [1.29, 1.82) is 0 Å². The number of nitrogens with one attached hydrogen (secondary N) is 1. The van der Waals surface area contributed by atoms with Crippen molar-refractivity contribution in [1.82, 2.24) is 10.2 Å². The molecule has 0 heterocycles. The van der Waals surface area contributed by atoms with Crippen LogP contribution in [0.15, 0.2) is 77.3 Å². The molecule has 0 aliphatic carbocycles. The molecule has 2 amide bonds. The molecule has 7 heteroatoms. The summed E-state index contributed by atoms with van der Waals surface area (Å²) in [6.07, 6.45) is 1.17. The highest BCUT2D eigenvalue weighted by atomic mass is 79.9. The van der Waals surface area contributed by atoms with E-state index in [1.807, 2.05) is 73.7 Å². The van der Waals surface area contributed by atoms with Gasteiger partial charge >= 0.3 is 0 Å². The van der Waals surface area contributed by atoms with Crippen molar-refractivity contribution >= 4 is 39.3 Å². The maximum Gasteiger partial charge on any atom is 0.261 e. The molecular formula is C30H34BrClN2O3. The fourth-order valence-electron chi connectivity index (χ4n) is 3.95. The quantitative estimate of drug-likeness (QED) is 0.255. The fourth-order valence-corrected chi connectivity index (χ4v) is 4.65. The Morgan fingerprint density at radius 2 is 1.73 bits per heavy atom. The zero-order chi connectivity index (χ0) is 26.8. The van der Waals surface area contributed by atoms with E-state index in [-0.39, 0.29) is 25.0 Å². The molecule has 3 rings (SSSR count).